The highest BCUT2D eigenvalue weighted by molar-refractivity contribution is 6.58. The summed E-state index contributed by atoms with van der Waals surface area (Å²) in [6, 6.07) is 13.8. The van der Waals surface area contributed by atoms with Crippen LogP contribution in [0.25, 0.3) is 22.6 Å². The standard InChI is InChI=1S/C16H12BN3O3/c18-9-13-12(10-3-5-11(6-4-10)17(21)22)8-14(20-16(13)19)15-2-1-7-23-15/h1-8,21-22H,(H2,19,20). The average molecular weight is 305 g/mol. The van der Waals surface area contributed by atoms with Gasteiger partial charge in [-0.25, -0.2) is 4.98 Å². The van der Waals surface area contributed by atoms with E-state index in [1.165, 1.54) is 6.26 Å². The number of pyridine rings is 1. The minimum Gasteiger partial charge on any atom is -0.463 e. The maximum atomic E-state index is 9.35. The van der Waals surface area contributed by atoms with Crippen molar-refractivity contribution in [2.75, 3.05) is 5.73 Å². The number of hydrogen-bond acceptors (Lipinski definition) is 6. The Bertz CT molecular complexity index is 869. The second kappa shape index (κ2) is 5.97. The third-order valence-electron chi connectivity index (χ3n) is 3.45. The van der Waals surface area contributed by atoms with E-state index in [4.69, 9.17) is 20.2 Å². The van der Waals surface area contributed by atoms with Crippen molar-refractivity contribution in [1.29, 1.82) is 5.26 Å². The van der Waals surface area contributed by atoms with E-state index in [1.807, 2.05) is 0 Å². The van der Waals surface area contributed by atoms with E-state index in [0.717, 1.165) is 0 Å². The largest absolute Gasteiger partial charge is 0.488 e. The zero-order chi connectivity index (χ0) is 16.4. The fourth-order valence-corrected chi connectivity index (χ4v) is 2.30. The quantitative estimate of drug-likeness (QED) is 0.625. The SMILES string of the molecule is N#Cc1c(-c2ccc(B(O)O)cc2)cc(-c2ccco2)nc1N. The molecule has 0 saturated carbocycles. The number of nitrogen functional groups attached to an aromatic ring is 1. The molecule has 1 aromatic carbocycles. The van der Waals surface area contributed by atoms with Gasteiger partial charge in [-0.1, -0.05) is 24.3 Å². The summed E-state index contributed by atoms with van der Waals surface area (Å²) in [5.41, 5.74) is 8.36. The summed E-state index contributed by atoms with van der Waals surface area (Å²) in [7, 11) is -1.54. The highest BCUT2D eigenvalue weighted by Crippen LogP contribution is 2.30. The summed E-state index contributed by atoms with van der Waals surface area (Å²) < 4.78 is 5.32. The molecule has 3 aromatic rings. The molecule has 112 valence electrons. The maximum absolute atomic E-state index is 9.35. The average Bonchev–Trinajstić information content (AvgIpc) is 3.08. The van der Waals surface area contributed by atoms with Crippen LogP contribution in [0, 0.1) is 11.3 Å². The fraction of sp³-hybridized carbons (Fsp3) is 0. The Morgan fingerprint density at radius 1 is 1.17 bits per heavy atom. The van der Waals surface area contributed by atoms with Gasteiger partial charge in [0.25, 0.3) is 0 Å². The van der Waals surface area contributed by atoms with E-state index in [1.54, 1.807) is 42.5 Å². The molecular weight excluding hydrogens is 293 g/mol. The normalized spacial score (nSPS) is 10.3. The Hall–Kier alpha value is -3.08. The van der Waals surface area contributed by atoms with Crippen molar-refractivity contribution in [1.82, 2.24) is 4.98 Å². The minimum absolute atomic E-state index is 0.114. The van der Waals surface area contributed by atoms with Crippen molar-refractivity contribution in [2.24, 2.45) is 0 Å². The minimum atomic E-state index is -1.54. The molecule has 2 heterocycles. The van der Waals surface area contributed by atoms with Gasteiger partial charge in [0.15, 0.2) is 5.76 Å². The van der Waals surface area contributed by atoms with E-state index in [-0.39, 0.29) is 11.4 Å². The summed E-state index contributed by atoms with van der Waals surface area (Å²) in [6.07, 6.45) is 1.53. The van der Waals surface area contributed by atoms with E-state index in [9.17, 15) is 5.26 Å². The van der Waals surface area contributed by atoms with Gasteiger partial charge >= 0.3 is 7.12 Å². The molecule has 3 rings (SSSR count). The molecule has 6 nitrogen and oxygen atoms in total. The lowest BCUT2D eigenvalue weighted by molar-refractivity contribution is 0.426. The highest BCUT2D eigenvalue weighted by Gasteiger charge is 2.16. The first-order chi connectivity index (χ1) is 11.1. The molecule has 4 N–H and O–H groups in total. The molecule has 0 atom stereocenters. The molecule has 0 aliphatic carbocycles. The zero-order valence-electron chi connectivity index (χ0n) is 12.0. The number of rotatable bonds is 3. The molecule has 0 radical (unpaired) electrons. The van der Waals surface area contributed by atoms with E-state index in [0.29, 0.717) is 28.0 Å². The van der Waals surface area contributed by atoms with Crippen molar-refractivity contribution < 1.29 is 14.5 Å². The van der Waals surface area contributed by atoms with Gasteiger partial charge in [-0.15, -0.1) is 0 Å². The van der Waals surface area contributed by atoms with Crippen LogP contribution in [0.15, 0.2) is 53.1 Å². The van der Waals surface area contributed by atoms with Gasteiger partial charge in [0, 0.05) is 5.56 Å². The van der Waals surface area contributed by atoms with Crippen LogP contribution in [-0.4, -0.2) is 22.2 Å². The molecule has 0 fully saturated rings. The maximum Gasteiger partial charge on any atom is 0.488 e. The Labute approximate surface area is 132 Å². The van der Waals surface area contributed by atoms with Crippen LogP contribution in [0.2, 0.25) is 0 Å². The monoisotopic (exact) mass is 305 g/mol. The Kier molecular flexibility index (Phi) is 3.85. The summed E-state index contributed by atoms with van der Waals surface area (Å²) >= 11 is 0. The number of benzene rings is 1. The number of anilines is 1. The third-order valence-corrected chi connectivity index (χ3v) is 3.45. The third kappa shape index (κ3) is 2.81. The topological polar surface area (TPSA) is 116 Å². The van der Waals surface area contributed by atoms with Gasteiger partial charge in [0.05, 0.1) is 6.26 Å². The molecule has 0 unspecified atom stereocenters. The van der Waals surface area contributed by atoms with Gasteiger partial charge in [0.2, 0.25) is 0 Å². The van der Waals surface area contributed by atoms with Crippen LogP contribution in [0.1, 0.15) is 5.56 Å². The van der Waals surface area contributed by atoms with Crippen LogP contribution in [0.5, 0.6) is 0 Å². The Morgan fingerprint density at radius 2 is 1.91 bits per heavy atom. The first-order valence-electron chi connectivity index (χ1n) is 6.81. The van der Waals surface area contributed by atoms with Crippen molar-refractivity contribution in [3.63, 3.8) is 0 Å². The van der Waals surface area contributed by atoms with E-state index < -0.39 is 7.12 Å². The second-order valence-electron chi connectivity index (χ2n) is 4.90. The molecule has 0 spiro atoms. The van der Waals surface area contributed by atoms with Crippen LogP contribution in [0.4, 0.5) is 5.82 Å². The molecule has 0 aliphatic heterocycles. The fourth-order valence-electron chi connectivity index (χ4n) is 2.30. The first-order valence-corrected chi connectivity index (χ1v) is 6.81. The van der Waals surface area contributed by atoms with Crippen LogP contribution >= 0.6 is 0 Å². The van der Waals surface area contributed by atoms with Crippen molar-refractivity contribution in [3.8, 4) is 28.7 Å². The summed E-state index contributed by atoms with van der Waals surface area (Å²) in [5, 5.41) is 27.7. The van der Waals surface area contributed by atoms with Crippen molar-refractivity contribution in [3.05, 3.63) is 54.3 Å². The van der Waals surface area contributed by atoms with E-state index in [2.05, 4.69) is 11.1 Å². The van der Waals surface area contributed by atoms with Crippen LogP contribution in [0.3, 0.4) is 0 Å². The van der Waals surface area contributed by atoms with Gasteiger partial charge in [-0.2, -0.15) is 5.26 Å². The highest BCUT2D eigenvalue weighted by atomic mass is 16.4. The lowest BCUT2D eigenvalue weighted by Crippen LogP contribution is -2.29. The predicted molar refractivity (Wildman–Crippen MR) is 86.3 cm³/mol. The number of aromatic nitrogens is 1. The summed E-state index contributed by atoms with van der Waals surface area (Å²) in [6.45, 7) is 0. The molecule has 23 heavy (non-hydrogen) atoms. The first kappa shape index (κ1) is 14.8. The molecular formula is C16H12BN3O3. The van der Waals surface area contributed by atoms with Gasteiger partial charge in [-0.3, -0.25) is 0 Å². The van der Waals surface area contributed by atoms with Gasteiger partial charge in [0.1, 0.15) is 23.1 Å². The number of hydrogen-bond donors (Lipinski definition) is 3. The molecule has 0 saturated heterocycles. The molecule has 0 amide bonds. The Balaban J connectivity index is 2.15. The summed E-state index contributed by atoms with van der Waals surface area (Å²) in [4.78, 5) is 4.20. The van der Waals surface area contributed by atoms with Crippen molar-refractivity contribution >= 4 is 18.4 Å². The van der Waals surface area contributed by atoms with Gasteiger partial charge < -0.3 is 20.2 Å². The number of furan rings is 1. The van der Waals surface area contributed by atoms with Gasteiger partial charge in [-0.05, 0) is 29.2 Å². The predicted octanol–water partition coefficient (Wildman–Crippen LogP) is 1.14. The van der Waals surface area contributed by atoms with Crippen molar-refractivity contribution in [2.45, 2.75) is 0 Å². The molecule has 7 heteroatoms. The van der Waals surface area contributed by atoms with Crippen LogP contribution in [-0.2, 0) is 0 Å². The molecule has 0 aliphatic rings. The lowest BCUT2D eigenvalue weighted by Gasteiger charge is -2.09. The smallest absolute Gasteiger partial charge is 0.463 e. The summed E-state index contributed by atoms with van der Waals surface area (Å²) in [5.74, 6) is 0.660. The molecule has 2 aromatic heterocycles. The number of nitriles is 1. The van der Waals surface area contributed by atoms with E-state index >= 15 is 0 Å². The second-order valence-corrected chi connectivity index (χ2v) is 4.90. The number of nitrogens with two attached hydrogens (primary N) is 1. The lowest BCUT2D eigenvalue weighted by atomic mass is 9.79. The number of nitrogens with zero attached hydrogens (tertiary/aromatic N) is 2. The zero-order valence-corrected chi connectivity index (χ0v) is 12.0. The Morgan fingerprint density at radius 3 is 2.48 bits per heavy atom. The van der Waals surface area contributed by atoms with Crippen LogP contribution < -0.4 is 11.2 Å². The molecule has 0 bridgehead atoms.